The van der Waals surface area contributed by atoms with Gasteiger partial charge in [-0.3, -0.25) is 0 Å². The van der Waals surface area contributed by atoms with Crippen LogP contribution in [-0.4, -0.2) is 24.0 Å². The molecular weight excluding hydrogens is 527 g/mol. The van der Waals surface area contributed by atoms with Crippen LogP contribution < -0.4 is 0 Å². The van der Waals surface area contributed by atoms with E-state index in [9.17, 15) is 0 Å². The molecule has 0 unspecified atom stereocenters. The summed E-state index contributed by atoms with van der Waals surface area (Å²) in [5.41, 5.74) is 0.603. The zero-order valence-corrected chi connectivity index (χ0v) is 23.6. The number of rotatable bonds is 4. The largest absolute Gasteiger partial charge is 2.00 e. The monoisotopic (exact) mass is 573 g/mol. The Labute approximate surface area is 190 Å². The molecule has 0 saturated carbocycles. The van der Waals surface area contributed by atoms with Crippen molar-refractivity contribution in [1.82, 2.24) is 4.90 Å². The number of likely N-dealkylation sites (tertiary alicyclic amines) is 1. The molecular formula is C20H46NWY-. The van der Waals surface area contributed by atoms with Crippen LogP contribution in [-0.2, 0) is 53.8 Å². The van der Waals surface area contributed by atoms with E-state index in [0.29, 0.717) is 5.41 Å². The van der Waals surface area contributed by atoms with Gasteiger partial charge in [-0.15, -0.1) is 0 Å². The molecule has 1 fully saturated rings. The summed E-state index contributed by atoms with van der Waals surface area (Å²) in [6.45, 7) is 21.4. The van der Waals surface area contributed by atoms with Crippen molar-refractivity contribution in [2.24, 2.45) is 5.41 Å². The molecule has 1 aliphatic rings. The van der Waals surface area contributed by atoms with Crippen molar-refractivity contribution in [3.63, 3.8) is 0 Å². The molecule has 1 nitrogen and oxygen atoms in total. The van der Waals surface area contributed by atoms with Gasteiger partial charge in [0.2, 0.25) is 0 Å². The van der Waals surface area contributed by atoms with E-state index < -0.39 is 0 Å². The molecule has 23 heavy (non-hydrogen) atoms. The molecule has 1 saturated heterocycles. The van der Waals surface area contributed by atoms with Crippen LogP contribution in [0.2, 0.25) is 0 Å². The Balaban J connectivity index is -0.0000000535. The molecule has 141 valence electrons. The van der Waals surface area contributed by atoms with Crippen LogP contribution in [0.1, 0.15) is 87.0 Å². The van der Waals surface area contributed by atoms with E-state index in [1.54, 1.807) is 6.92 Å². The predicted molar refractivity (Wildman–Crippen MR) is 103 cm³/mol. The molecule has 0 aromatic heterocycles. The second-order valence-electron chi connectivity index (χ2n) is 6.50. The molecule has 1 radical (unpaired) electrons. The second-order valence-corrected chi connectivity index (χ2v) is 6.50. The molecule has 0 N–H and O–H groups in total. The minimum absolute atomic E-state index is 0. The van der Waals surface area contributed by atoms with Crippen molar-refractivity contribution in [3.8, 4) is 0 Å². The van der Waals surface area contributed by atoms with Crippen molar-refractivity contribution in [3.05, 3.63) is 21.8 Å². The molecule has 1 rings (SSSR count). The zero-order valence-electron chi connectivity index (χ0n) is 17.9. The second kappa shape index (κ2) is 26.0. The summed E-state index contributed by atoms with van der Waals surface area (Å²) in [6, 6.07) is 0.742. The summed E-state index contributed by atoms with van der Waals surface area (Å²) in [6.07, 6.45) is 8.27. The van der Waals surface area contributed by atoms with E-state index in [0.717, 1.165) is 6.04 Å². The van der Waals surface area contributed by atoms with Gasteiger partial charge in [0.05, 0.1) is 0 Å². The first-order valence-corrected chi connectivity index (χ1v) is 8.37. The first-order chi connectivity index (χ1) is 8.93. The molecule has 0 aromatic carbocycles. The Morgan fingerprint density at radius 3 is 1.43 bits per heavy atom. The summed E-state index contributed by atoms with van der Waals surface area (Å²) in [5, 5.41) is 0. The summed E-state index contributed by atoms with van der Waals surface area (Å²) < 4.78 is 0. The van der Waals surface area contributed by atoms with Crippen LogP contribution in [0.5, 0.6) is 0 Å². The summed E-state index contributed by atoms with van der Waals surface area (Å²) in [4.78, 5) is 2.57. The third-order valence-electron chi connectivity index (χ3n) is 3.84. The minimum Gasteiger partial charge on any atom is -0.358 e. The van der Waals surface area contributed by atoms with Crippen molar-refractivity contribution >= 4 is 0 Å². The fraction of sp³-hybridized carbons (Fsp3) is 0.850. The maximum Gasteiger partial charge on any atom is 2.00 e. The van der Waals surface area contributed by atoms with Gasteiger partial charge in [0.15, 0.2) is 0 Å². The maximum atomic E-state index is 3.25. The molecule has 0 bridgehead atoms. The number of hydrogen-bond donors (Lipinski definition) is 0. The smallest absolute Gasteiger partial charge is 0.358 e. The van der Waals surface area contributed by atoms with E-state index >= 15 is 0 Å². The van der Waals surface area contributed by atoms with Crippen LogP contribution in [0.25, 0.3) is 0 Å². The average molecular weight is 573 g/mol. The molecule has 0 spiro atoms. The Kier molecular flexibility index (Phi) is 44.9. The summed E-state index contributed by atoms with van der Waals surface area (Å²) >= 11 is 0. The number of unbranched alkanes of at least 4 members (excludes halogenated alkanes) is 3. The molecule has 3 heteroatoms. The van der Waals surface area contributed by atoms with Crippen LogP contribution in [0, 0.1) is 27.2 Å². The average Bonchev–Trinajstić information content (AvgIpc) is 2.39. The molecule has 1 heterocycles. The number of nitrogens with zero attached hydrogens (tertiary/aromatic N) is 1. The van der Waals surface area contributed by atoms with Crippen molar-refractivity contribution in [2.45, 2.75) is 93.0 Å². The fourth-order valence-corrected chi connectivity index (χ4v) is 2.15. The topological polar surface area (TPSA) is 3.24 Å². The number of piperidine rings is 1. The van der Waals surface area contributed by atoms with Crippen LogP contribution >= 0.6 is 0 Å². The van der Waals surface area contributed by atoms with Gasteiger partial charge in [0, 0.05) is 38.8 Å². The van der Waals surface area contributed by atoms with E-state index in [4.69, 9.17) is 0 Å². The number of hydrogen-bond acceptors (Lipinski definition) is 1. The Morgan fingerprint density at radius 2 is 1.22 bits per heavy atom. The first-order valence-electron chi connectivity index (χ1n) is 8.37. The van der Waals surface area contributed by atoms with Gasteiger partial charge in [0.1, 0.15) is 0 Å². The van der Waals surface area contributed by atoms with Gasteiger partial charge in [0.25, 0.3) is 0 Å². The van der Waals surface area contributed by atoms with E-state index in [-0.39, 0.29) is 68.6 Å². The van der Waals surface area contributed by atoms with Crippen LogP contribution in [0.3, 0.4) is 0 Å². The van der Waals surface area contributed by atoms with E-state index in [2.05, 4.69) is 53.4 Å². The summed E-state index contributed by atoms with van der Waals surface area (Å²) in [7, 11) is 0. The normalized spacial score (nSPS) is 15.0. The third-order valence-corrected chi connectivity index (χ3v) is 3.84. The van der Waals surface area contributed by atoms with Crippen molar-refractivity contribution < 1.29 is 53.8 Å². The Bertz CT molecular complexity index is 170. The Morgan fingerprint density at radius 1 is 0.913 bits per heavy atom. The predicted octanol–water partition coefficient (Wildman–Crippen LogP) is 6.84. The molecule has 0 aliphatic carbocycles. The maximum absolute atomic E-state index is 3.25. The van der Waals surface area contributed by atoms with Crippen LogP contribution in [0.15, 0.2) is 0 Å². The third kappa shape index (κ3) is 26.1. The van der Waals surface area contributed by atoms with Crippen molar-refractivity contribution in [1.29, 1.82) is 0 Å². The van der Waals surface area contributed by atoms with Gasteiger partial charge < -0.3 is 26.7 Å². The summed E-state index contributed by atoms with van der Waals surface area (Å²) in [5.74, 6) is 0. The Hall–Kier alpha value is 1.75. The van der Waals surface area contributed by atoms with Gasteiger partial charge >= 0.3 is 21.1 Å². The van der Waals surface area contributed by atoms with Gasteiger partial charge in [-0.2, -0.15) is 6.92 Å². The quantitative estimate of drug-likeness (QED) is 0.263. The zero-order chi connectivity index (χ0) is 15.3. The molecule has 0 aromatic rings. The van der Waals surface area contributed by atoms with Gasteiger partial charge in [-0.05, 0) is 45.2 Å². The fourth-order valence-electron chi connectivity index (χ4n) is 2.15. The van der Waals surface area contributed by atoms with Crippen LogP contribution in [0.4, 0.5) is 0 Å². The molecule has 0 amide bonds. The van der Waals surface area contributed by atoms with Crippen molar-refractivity contribution in [2.75, 3.05) is 13.1 Å². The standard InChI is InChI=1S/C10H21N.C6H14.C2H5.2CH3.W.Y/c1-9(2)11-7-5-10(3,4)6-8-11;1-3-5-6-4-2;1-2;;;;/h9H,5-8H2,1-4H3;3-6H2,1-2H3;1H2,2H3;2*1H3;;/q;;3*-1;+2;. The van der Waals surface area contributed by atoms with Gasteiger partial charge in [-0.25, -0.2) is 0 Å². The molecule has 0 atom stereocenters. The molecule has 1 aliphatic heterocycles. The van der Waals surface area contributed by atoms with Gasteiger partial charge in [-0.1, -0.05) is 53.4 Å². The first kappa shape index (κ1) is 39.7. The van der Waals surface area contributed by atoms with E-state index in [1.807, 2.05) is 0 Å². The SMILES string of the molecule is CC(C)N1CCC(C)(C)CC1.CCCCCC.[CH2-]C.[CH3-].[CH3-].[W+2].[Y]. The van der Waals surface area contributed by atoms with E-state index in [1.165, 1.54) is 51.6 Å². The minimum atomic E-state index is 0.